The molecule has 1 saturated carbocycles. The van der Waals surface area contributed by atoms with Crippen molar-refractivity contribution in [2.75, 3.05) is 17.7 Å². The fourth-order valence-corrected chi connectivity index (χ4v) is 4.22. The molecule has 0 bridgehead atoms. The zero-order valence-corrected chi connectivity index (χ0v) is 16.1. The number of imidazole rings is 1. The Morgan fingerprint density at radius 3 is 2.87 bits per heavy atom. The number of nitrogen functional groups attached to an aromatic ring is 1. The van der Waals surface area contributed by atoms with E-state index in [4.69, 9.17) is 25.6 Å². The number of benzene rings is 2. The quantitative estimate of drug-likeness (QED) is 0.465. The molecule has 0 radical (unpaired) electrons. The first-order valence-corrected chi connectivity index (χ1v) is 9.96. The van der Waals surface area contributed by atoms with Crippen LogP contribution in [0.15, 0.2) is 34.7 Å². The van der Waals surface area contributed by atoms with Crippen molar-refractivity contribution >= 4 is 39.7 Å². The molecule has 0 unspecified atom stereocenters. The molecule has 2 aromatic heterocycles. The van der Waals surface area contributed by atoms with Gasteiger partial charge in [-0.05, 0) is 43.0 Å². The van der Waals surface area contributed by atoms with Crippen molar-refractivity contribution in [1.29, 1.82) is 0 Å². The van der Waals surface area contributed by atoms with Crippen molar-refractivity contribution in [2.24, 2.45) is 11.7 Å². The van der Waals surface area contributed by atoms with Crippen LogP contribution in [0.3, 0.4) is 0 Å². The second-order valence-electron chi connectivity index (χ2n) is 7.87. The average molecular weight is 404 g/mol. The Bertz CT molecular complexity index is 1320. The molecular formula is C21H20N6O3. The van der Waals surface area contributed by atoms with Crippen LogP contribution >= 0.6 is 0 Å². The number of hydrogen-bond acceptors (Lipinski definition) is 7. The standard InChI is InChI=1S/C21H20N6O3/c22-19(28)17(10-1-2-10)24-12-8-14-18-16(9-12)29-6-5-27(18)20(25-14)11-3-4-15-13(7-11)26-21(23)30-15/h3-4,7-10,17,24H,1-2,5-6H2,(H2,22,28)(H2,23,26)/t17-/m0/s1. The summed E-state index contributed by atoms with van der Waals surface area (Å²) in [6, 6.07) is 9.35. The second kappa shape index (κ2) is 6.12. The van der Waals surface area contributed by atoms with E-state index in [9.17, 15) is 4.79 Å². The maximum atomic E-state index is 11.9. The van der Waals surface area contributed by atoms with Crippen molar-refractivity contribution in [3.05, 3.63) is 30.3 Å². The topological polar surface area (TPSA) is 134 Å². The van der Waals surface area contributed by atoms with Gasteiger partial charge in [0.2, 0.25) is 5.91 Å². The van der Waals surface area contributed by atoms with Gasteiger partial charge in [-0.1, -0.05) is 0 Å². The van der Waals surface area contributed by atoms with Gasteiger partial charge in [-0.3, -0.25) is 4.79 Å². The maximum Gasteiger partial charge on any atom is 0.292 e. The summed E-state index contributed by atoms with van der Waals surface area (Å²) in [7, 11) is 0. The van der Waals surface area contributed by atoms with E-state index >= 15 is 0 Å². The molecule has 5 N–H and O–H groups in total. The minimum Gasteiger partial charge on any atom is -0.489 e. The van der Waals surface area contributed by atoms with Crippen LogP contribution in [0, 0.1) is 5.92 Å². The van der Waals surface area contributed by atoms with Crippen LogP contribution < -0.4 is 21.5 Å². The number of nitrogens with zero attached hydrogens (tertiary/aromatic N) is 3. The number of oxazole rings is 1. The Hall–Kier alpha value is -3.75. The summed E-state index contributed by atoms with van der Waals surface area (Å²) >= 11 is 0. The summed E-state index contributed by atoms with van der Waals surface area (Å²) in [5.74, 6) is 1.53. The molecule has 30 heavy (non-hydrogen) atoms. The van der Waals surface area contributed by atoms with E-state index < -0.39 is 0 Å². The Labute approximate surface area is 171 Å². The van der Waals surface area contributed by atoms with Gasteiger partial charge < -0.3 is 30.5 Å². The van der Waals surface area contributed by atoms with Crippen LogP contribution in [0.1, 0.15) is 12.8 Å². The van der Waals surface area contributed by atoms with Gasteiger partial charge in [0.05, 0.1) is 12.1 Å². The molecule has 2 aromatic carbocycles. The minimum absolute atomic E-state index is 0.142. The normalized spacial score (nSPS) is 16.5. The molecule has 0 spiro atoms. The molecular weight excluding hydrogens is 384 g/mol. The van der Waals surface area contributed by atoms with Gasteiger partial charge in [-0.25, -0.2) is 4.98 Å². The van der Waals surface area contributed by atoms with Gasteiger partial charge in [0, 0.05) is 17.3 Å². The lowest BCUT2D eigenvalue weighted by Gasteiger charge is -2.20. The predicted molar refractivity (Wildman–Crippen MR) is 112 cm³/mol. The van der Waals surface area contributed by atoms with Gasteiger partial charge >= 0.3 is 0 Å². The molecule has 0 saturated heterocycles. The van der Waals surface area contributed by atoms with Crippen LogP contribution in [0.2, 0.25) is 0 Å². The van der Waals surface area contributed by atoms with Gasteiger partial charge in [0.1, 0.15) is 35.3 Å². The molecule has 2 aliphatic rings. The number of nitrogens with one attached hydrogen (secondary N) is 1. The fraction of sp³-hybridized carbons (Fsp3) is 0.286. The van der Waals surface area contributed by atoms with E-state index in [2.05, 4.69) is 14.9 Å². The molecule has 3 heterocycles. The van der Waals surface area contributed by atoms with Crippen molar-refractivity contribution < 1.29 is 13.9 Å². The zero-order valence-electron chi connectivity index (χ0n) is 16.1. The number of amides is 1. The second-order valence-corrected chi connectivity index (χ2v) is 7.87. The van der Waals surface area contributed by atoms with Crippen molar-refractivity contribution in [1.82, 2.24) is 14.5 Å². The highest BCUT2D eigenvalue weighted by molar-refractivity contribution is 5.92. The lowest BCUT2D eigenvalue weighted by atomic mass is 10.1. The molecule has 4 aromatic rings. The summed E-state index contributed by atoms with van der Waals surface area (Å²) < 4.78 is 13.4. The molecule has 1 aliphatic carbocycles. The SMILES string of the molecule is NC(=O)[C@@H](Nc1cc2c3c(c1)nc(-c1ccc4oc(N)nc4c1)n3CCO2)C1CC1. The Kier molecular flexibility index (Phi) is 3.50. The largest absolute Gasteiger partial charge is 0.489 e. The lowest BCUT2D eigenvalue weighted by molar-refractivity contribution is -0.119. The molecule has 6 rings (SSSR count). The number of rotatable bonds is 5. The summed E-state index contributed by atoms with van der Waals surface area (Å²) in [6.45, 7) is 1.23. The minimum atomic E-state index is -0.375. The lowest BCUT2D eigenvalue weighted by Crippen LogP contribution is -2.37. The van der Waals surface area contributed by atoms with Gasteiger partial charge in [-0.2, -0.15) is 4.98 Å². The number of ether oxygens (including phenoxy) is 1. The monoisotopic (exact) mass is 404 g/mol. The average Bonchev–Trinajstić information content (AvgIpc) is 3.39. The number of carbonyl (C=O) groups is 1. The van der Waals surface area contributed by atoms with E-state index in [1.165, 1.54) is 0 Å². The summed E-state index contributed by atoms with van der Waals surface area (Å²) in [6.07, 6.45) is 2.03. The predicted octanol–water partition coefficient (Wildman–Crippen LogP) is 2.49. The van der Waals surface area contributed by atoms with Crippen molar-refractivity contribution in [3.63, 3.8) is 0 Å². The van der Waals surface area contributed by atoms with E-state index in [1.807, 2.05) is 30.3 Å². The number of fused-ring (bicyclic) bond motifs is 1. The van der Waals surface area contributed by atoms with Crippen molar-refractivity contribution in [2.45, 2.75) is 25.4 Å². The number of aromatic nitrogens is 3. The van der Waals surface area contributed by atoms with E-state index in [0.29, 0.717) is 30.2 Å². The Balaban J connectivity index is 1.46. The first kappa shape index (κ1) is 17.1. The summed E-state index contributed by atoms with van der Waals surface area (Å²) in [5, 5.41) is 3.29. The number of primary amides is 1. The highest BCUT2D eigenvalue weighted by Gasteiger charge is 2.35. The smallest absolute Gasteiger partial charge is 0.292 e. The van der Waals surface area contributed by atoms with Gasteiger partial charge in [0.25, 0.3) is 6.01 Å². The molecule has 1 amide bonds. The molecule has 1 aliphatic heterocycles. The highest BCUT2D eigenvalue weighted by Crippen LogP contribution is 2.39. The first-order valence-electron chi connectivity index (χ1n) is 9.96. The van der Waals surface area contributed by atoms with Gasteiger partial charge in [0.15, 0.2) is 5.58 Å². The first-order chi connectivity index (χ1) is 14.6. The number of hydrogen-bond donors (Lipinski definition) is 3. The number of nitrogens with two attached hydrogens (primary N) is 2. The highest BCUT2D eigenvalue weighted by atomic mass is 16.5. The van der Waals surface area contributed by atoms with Crippen LogP contribution in [-0.2, 0) is 11.3 Å². The molecule has 1 fully saturated rings. The van der Waals surface area contributed by atoms with Gasteiger partial charge in [-0.15, -0.1) is 0 Å². The van der Waals surface area contributed by atoms with Crippen LogP contribution in [0.25, 0.3) is 33.5 Å². The third-order valence-electron chi connectivity index (χ3n) is 5.76. The van der Waals surface area contributed by atoms with E-state index in [0.717, 1.165) is 46.7 Å². The maximum absolute atomic E-state index is 11.9. The molecule has 9 heteroatoms. The molecule has 1 atom stereocenters. The van der Waals surface area contributed by atoms with E-state index in [-0.39, 0.29) is 18.0 Å². The molecule has 152 valence electrons. The Morgan fingerprint density at radius 1 is 1.20 bits per heavy atom. The fourth-order valence-electron chi connectivity index (χ4n) is 4.22. The van der Waals surface area contributed by atoms with Crippen LogP contribution in [0.5, 0.6) is 5.75 Å². The number of anilines is 2. The van der Waals surface area contributed by atoms with Crippen LogP contribution in [0.4, 0.5) is 11.7 Å². The van der Waals surface area contributed by atoms with E-state index in [1.54, 1.807) is 0 Å². The van der Waals surface area contributed by atoms with Crippen LogP contribution in [-0.4, -0.2) is 33.1 Å². The van der Waals surface area contributed by atoms with Crippen molar-refractivity contribution in [3.8, 4) is 17.1 Å². The Morgan fingerprint density at radius 2 is 2.07 bits per heavy atom. The molecule has 9 nitrogen and oxygen atoms in total. The zero-order chi connectivity index (χ0) is 20.4. The third-order valence-corrected chi connectivity index (χ3v) is 5.76. The summed E-state index contributed by atoms with van der Waals surface area (Å²) in [4.78, 5) is 21.0. The third kappa shape index (κ3) is 2.66. The summed E-state index contributed by atoms with van der Waals surface area (Å²) in [5.41, 5.74) is 16.0. The number of carbonyl (C=O) groups excluding carboxylic acids is 1.